The average Bonchev–Trinajstić information content (AvgIpc) is 3.35. The second-order valence-electron chi connectivity index (χ2n) is 7.45. The highest BCUT2D eigenvalue weighted by molar-refractivity contribution is 6.30. The molecule has 6 nitrogen and oxygen atoms in total. The van der Waals surface area contributed by atoms with E-state index in [1.807, 2.05) is 42.5 Å². The van der Waals surface area contributed by atoms with Crippen molar-refractivity contribution in [1.82, 2.24) is 14.5 Å². The number of aliphatic carboxylic acids is 1. The Morgan fingerprint density at radius 1 is 1.16 bits per heavy atom. The van der Waals surface area contributed by atoms with Crippen molar-refractivity contribution in [2.24, 2.45) is 5.92 Å². The fourth-order valence-electron chi connectivity index (χ4n) is 3.57. The number of carbonyl (C=O) groups is 2. The number of alkyl halides is 3. The molecule has 1 unspecified atom stereocenters. The Kier molecular flexibility index (Phi) is 7.52. The highest BCUT2D eigenvalue weighted by Gasteiger charge is 2.29. The van der Waals surface area contributed by atoms with Gasteiger partial charge in [-0.05, 0) is 42.8 Å². The number of hydrogen-bond donors (Lipinski definition) is 1. The summed E-state index contributed by atoms with van der Waals surface area (Å²) in [4.78, 5) is 26.9. The minimum Gasteiger partial charge on any atom is -0.481 e. The van der Waals surface area contributed by atoms with E-state index < -0.39 is 18.4 Å². The maximum Gasteiger partial charge on any atom is 0.446 e. The molecule has 2 aromatic carbocycles. The van der Waals surface area contributed by atoms with Gasteiger partial charge in [0.1, 0.15) is 5.82 Å². The molecular weight excluding hydrogens is 447 g/mol. The molecular formula is C22H21ClF3N3O3. The van der Waals surface area contributed by atoms with Gasteiger partial charge in [-0.15, -0.1) is 0 Å². The molecule has 3 aromatic rings. The van der Waals surface area contributed by atoms with E-state index in [1.54, 1.807) is 0 Å². The molecule has 170 valence electrons. The number of imidazole rings is 1. The summed E-state index contributed by atoms with van der Waals surface area (Å²) in [5.74, 6) is -0.0153. The maximum atomic E-state index is 11.2. The molecule has 32 heavy (non-hydrogen) atoms. The number of carbonyl (C=O) groups excluding carboxylic acids is 1. The van der Waals surface area contributed by atoms with Crippen molar-refractivity contribution in [2.45, 2.75) is 25.7 Å². The molecule has 1 N–H and O–H groups in total. The van der Waals surface area contributed by atoms with Gasteiger partial charge < -0.3 is 9.67 Å². The summed E-state index contributed by atoms with van der Waals surface area (Å²) in [5.41, 5.74) is 3.21. The van der Waals surface area contributed by atoms with E-state index in [4.69, 9.17) is 21.4 Å². The van der Waals surface area contributed by atoms with Crippen LogP contribution < -0.4 is 0 Å². The fraction of sp³-hybridized carbons (Fsp3) is 0.318. The summed E-state index contributed by atoms with van der Waals surface area (Å²) in [6.07, 6.45) is -5.00. The number of para-hydroxylation sites is 2. The molecule has 1 saturated heterocycles. The number of likely N-dealkylation sites (tertiary alicyclic amines) is 1. The van der Waals surface area contributed by atoms with Gasteiger partial charge in [0.25, 0.3) is 0 Å². The zero-order valence-electron chi connectivity index (χ0n) is 16.9. The summed E-state index contributed by atoms with van der Waals surface area (Å²) in [7, 11) is 0. The number of halogens is 4. The van der Waals surface area contributed by atoms with E-state index >= 15 is 0 Å². The maximum absolute atomic E-state index is 11.2. The van der Waals surface area contributed by atoms with Crippen molar-refractivity contribution in [1.29, 1.82) is 0 Å². The van der Waals surface area contributed by atoms with E-state index in [9.17, 15) is 23.1 Å². The van der Waals surface area contributed by atoms with Crippen LogP contribution in [0.3, 0.4) is 0 Å². The average molecular weight is 468 g/mol. The van der Waals surface area contributed by atoms with Gasteiger partial charge in [0.15, 0.2) is 0 Å². The first-order valence-electron chi connectivity index (χ1n) is 9.83. The quantitative estimate of drug-likeness (QED) is 0.563. The summed E-state index contributed by atoms with van der Waals surface area (Å²) < 4.78 is 33.5. The molecule has 4 rings (SSSR count). The van der Waals surface area contributed by atoms with Gasteiger partial charge in [-0.2, -0.15) is 13.2 Å². The van der Waals surface area contributed by atoms with Gasteiger partial charge in [0.2, 0.25) is 6.29 Å². The number of hydrogen-bond acceptors (Lipinski definition) is 4. The minimum atomic E-state index is -4.64. The Morgan fingerprint density at radius 2 is 1.81 bits per heavy atom. The molecule has 1 aliphatic rings. The van der Waals surface area contributed by atoms with Crippen LogP contribution in [0, 0.1) is 5.92 Å². The molecule has 10 heteroatoms. The number of nitrogens with zero attached hydrogens (tertiary/aromatic N) is 3. The third-order valence-electron chi connectivity index (χ3n) is 5.11. The molecule has 2 heterocycles. The van der Waals surface area contributed by atoms with E-state index in [1.165, 1.54) is 0 Å². The lowest BCUT2D eigenvalue weighted by Crippen LogP contribution is -2.24. The van der Waals surface area contributed by atoms with E-state index in [2.05, 4.69) is 15.5 Å². The molecule has 0 aliphatic carbocycles. The molecule has 0 spiro atoms. The number of rotatable bonds is 5. The van der Waals surface area contributed by atoms with Gasteiger partial charge in [-0.3, -0.25) is 14.5 Å². The smallest absolute Gasteiger partial charge is 0.446 e. The Balaban J connectivity index is 0.000000427. The second-order valence-corrected chi connectivity index (χ2v) is 7.88. The topological polar surface area (TPSA) is 75.4 Å². The monoisotopic (exact) mass is 467 g/mol. The van der Waals surface area contributed by atoms with Gasteiger partial charge in [-0.1, -0.05) is 35.9 Å². The number of fused-ring (bicyclic) bond motifs is 1. The van der Waals surface area contributed by atoms with Crippen LogP contribution in [0.4, 0.5) is 13.2 Å². The SMILES string of the molecule is O=C(O)C1CCN(Cc2nc3ccccc3n2Cc2ccc(Cl)cc2)C1.O=CC(F)(F)F. The number of carboxylic acid groups (broad SMARTS) is 1. The van der Waals surface area contributed by atoms with Gasteiger partial charge in [0, 0.05) is 18.1 Å². The van der Waals surface area contributed by atoms with Crippen molar-refractivity contribution in [2.75, 3.05) is 13.1 Å². The van der Waals surface area contributed by atoms with Crippen LogP contribution in [0.5, 0.6) is 0 Å². The molecule has 1 atom stereocenters. The van der Waals surface area contributed by atoms with Crippen molar-refractivity contribution >= 4 is 34.9 Å². The minimum absolute atomic E-state index is 0.274. The molecule has 1 aromatic heterocycles. The zero-order chi connectivity index (χ0) is 23.3. The molecule has 1 aliphatic heterocycles. The number of aromatic nitrogens is 2. The zero-order valence-corrected chi connectivity index (χ0v) is 17.7. The summed E-state index contributed by atoms with van der Waals surface area (Å²) in [6, 6.07) is 15.9. The van der Waals surface area contributed by atoms with Gasteiger partial charge in [-0.25, -0.2) is 4.98 Å². The highest BCUT2D eigenvalue weighted by atomic mass is 35.5. The highest BCUT2D eigenvalue weighted by Crippen LogP contribution is 2.23. The van der Waals surface area contributed by atoms with E-state index in [0.29, 0.717) is 26.1 Å². The summed E-state index contributed by atoms with van der Waals surface area (Å²) in [5, 5.41) is 9.95. The van der Waals surface area contributed by atoms with Crippen molar-refractivity contribution in [3.63, 3.8) is 0 Å². The van der Waals surface area contributed by atoms with Gasteiger partial charge >= 0.3 is 12.1 Å². The summed E-state index contributed by atoms with van der Waals surface area (Å²) >= 11 is 6.00. The largest absolute Gasteiger partial charge is 0.481 e. The number of carboxylic acids is 1. The molecule has 1 fully saturated rings. The predicted octanol–water partition coefficient (Wildman–Crippen LogP) is 4.39. The van der Waals surface area contributed by atoms with E-state index in [0.717, 1.165) is 34.0 Å². The lowest BCUT2D eigenvalue weighted by atomic mass is 10.1. The number of aldehydes is 1. The normalized spacial score (nSPS) is 16.6. The van der Waals surface area contributed by atoms with Crippen LogP contribution in [0.2, 0.25) is 5.02 Å². The van der Waals surface area contributed by atoms with Crippen LogP contribution in [0.15, 0.2) is 48.5 Å². The Labute approximate surface area is 187 Å². The third-order valence-corrected chi connectivity index (χ3v) is 5.36. The molecule has 0 bridgehead atoms. The third kappa shape index (κ3) is 6.30. The Bertz CT molecular complexity index is 1080. The molecule has 0 saturated carbocycles. The van der Waals surface area contributed by atoms with Crippen LogP contribution >= 0.6 is 11.6 Å². The van der Waals surface area contributed by atoms with Crippen molar-refractivity contribution < 1.29 is 27.9 Å². The summed E-state index contributed by atoms with van der Waals surface area (Å²) in [6.45, 7) is 2.75. The first-order valence-corrected chi connectivity index (χ1v) is 10.2. The number of benzene rings is 2. The van der Waals surface area contributed by atoms with Crippen LogP contribution in [-0.4, -0.2) is 51.1 Å². The standard InChI is InChI=1S/C20H20ClN3O2.C2HF3O/c21-16-7-5-14(6-8-16)11-24-18-4-2-1-3-17(18)22-19(24)13-23-10-9-15(12-23)20(25)26;3-2(4,5)1-6/h1-8,15H,9-13H2,(H,25,26);1H. The van der Waals surface area contributed by atoms with Gasteiger partial charge in [0.05, 0.1) is 23.5 Å². The van der Waals surface area contributed by atoms with Crippen LogP contribution in [-0.2, 0) is 22.7 Å². The lowest BCUT2D eigenvalue weighted by molar-refractivity contribution is -0.156. The van der Waals surface area contributed by atoms with Crippen molar-refractivity contribution in [3.8, 4) is 0 Å². The Morgan fingerprint density at radius 3 is 2.41 bits per heavy atom. The van der Waals surface area contributed by atoms with Crippen molar-refractivity contribution in [3.05, 3.63) is 64.9 Å². The van der Waals surface area contributed by atoms with Crippen LogP contribution in [0.25, 0.3) is 11.0 Å². The fourth-order valence-corrected chi connectivity index (χ4v) is 3.70. The van der Waals surface area contributed by atoms with Crippen LogP contribution in [0.1, 0.15) is 17.8 Å². The lowest BCUT2D eigenvalue weighted by Gasteiger charge is -2.16. The Hall–Kier alpha value is -2.91. The first kappa shape index (κ1) is 23.7. The molecule has 0 amide bonds. The second kappa shape index (κ2) is 10.1. The first-order chi connectivity index (χ1) is 15.2. The van der Waals surface area contributed by atoms with E-state index in [-0.39, 0.29) is 5.92 Å². The molecule has 0 radical (unpaired) electrons. The predicted molar refractivity (Wildman–Crippen MR) is 113 cm³/mol.